The van der Waals surface area contributed by atoms with Crippen LogP contribution in [0.25, 0.3) is 0 Å². The third kappa shape index (κ3) is 2.96. The van der Waals surface area contributed by atoms with Crippen LogP contribution in [0.1, 0.15) is 35.6 Å². The van der Waals surface area contributed by atoms with Crippen LogP contribution in [0.2, 0.25) is 0 Å². The molecule has 0 spiro atoms. The highest BCUT2D eigenvalue weighted by Crippen LogP contribution is 2.21. The molecule has 1 fully saturated rings. The van der Waals surface area contributed by atoms with Crippen LogP contribution in [0.15, 0.2) is 16.5 Å². The molecule has 1 aromatic rings. The van der Waals surface area contributed by atoms with E-state index in [2.05, 4.69) is 0 Å². The van der Waals surface area contributed by atoms with Gasteiger partial charge < -0.3 is 19.2 Å². The predicted molar refractivity (Wildman–Crippen MR) is 65.7 cm³/mol. The topological polar surface area (TPSA) is 80.0 Å². The number of nitrogens with zero attached hydrogens (tertiary/aromatic N) is 1. The molecule has 6 nitrogen and oxygen atoms in total. The maximum absolute atomic E-state index is 12.3. The van der Waals surface area contributed by atoms with Crippen LogP contribution in [0.3, 0.4) is 0 Å². The summed E-state index contributed by atoms with van der Waals surface area (Å²) in [5, 5.41) is 9.15. The number of amides is 1. The van der Waals surface area contributed by atoms with Gasteiger partial charge in [-0.15, -0.1) is 0 Å². The van der Waals surface area contributed by atoms with E-state index in [-0.39, 0.29) is 18.3 Å². The molecule has 0 aromatic carbocycles. The highest BCUT2D eigenvalue weighted by atomic mass is 16.5. The lowest BCUT2D eigenvalue weighted by Crippen LogP contribution is -2.47. The molecule has 6 heteroatoms. The number of methoxy groups -OCH3 is 1. The Labute approximate surface area is 110 Å². The zero-order chi connectivity index (χ0) is 13.8. The summed E-state index contributed by atoms with van der Waals surface area (Å²) in [6, 6.07) is 2.47. The number of likely N-dealkylation sites (tertiary alicyclic amines) is 1. The number of hydrogen-bond donors (Lipinski definition) is 1. The second-order valence-electron chi connectivity index (χ2n) is 4.55. The molecule has 1 amide bonds. The molecule has 1 aliphatic heterocycles. The summed E-state index contributed by atoms with van der Waals surface area (Å²) in [5.41, 5.74) is 0. The van der Waals surface area contributed by atoms with Crippen LogP contribution < -0.4 is 0 Å². The molecule has 1 saturated heterocycles. The van der Waals surface area contributed by atoms with Crippen molar-refractivity contribution in [2.75, 3.05) is 13.7 Å². The van der Waals surface area contributed by atoms with Gasteiger partial charge in [0.05, 0.1) is 0 Å². The van der Waals surface area contributed by atoms with Gasteiger partial charge in [-0.2, -0.15) is 0 Å². The fourth-order valence-electron chi connectivity index (χ4n) is 2.29. The standard InChI is InChI=1S/C13H17NO5/c1-18-8-9-5-6-11(19-9)12(15)14-7-3-2-4-10(14)13(16)17/h5-6,10H,2-4,7-8H2,1H3,(H,16,17). The summed E-state index contributed by atoms with van der Waals surface area (Å²) in [4.78, 5) is 24.8. The number of ether oxygens (including phenoxy) is 1. The highest BCUT2D eigenvalue weighted by molar-refractivity contribution is 5.94. The van der Waals surface area contributed by atoms with Crippen LogP contribution in [-0.4, -0.2) is 41.6 Å². The summed E-state index contributed by atoms with van der Waals surface area (Å²) in [7, 11) is 1.54. The summed E-state index contributed by atoms with van der Waals surface area (Å²) in [5.74, 6) is -0.610. The zero-order valence-electron chi connectivity index (χ0n) is 10.8. The molecule has 104 valence electrons. The van der Waals surface area contributed by atoms with E-state index in [4.69, 9.17) is 14.3 Å². The van der Waals surface area contributed by atoms with Gasteiger partial charge in [-0.05, 0) is 31.4 Å². The first-order valence-electron chi connectivity index (χ1n) is 6.25. The quantitative estimate of drug-likeness (QED) is 0.894. The Bertz CT molecular complexity index is 467. The average Bonchev–Trinajstić information content (AvgIpc) is 2.87. The first kappa shape index (κ1) is 13.6. The summed E-state index contributed by atoms with van der Waals surface area (Å²) in [6.07, 6.45) is 2.14. The molecule has 1 unspecified atom stereocenters. The van der Waals surface area contributed by atoms with Crippen molar-refractivity contribution in [2.45, 2.75) is 31.9 Å². The molecule has 1 aromatic heterocycles. The molecule has 1 N–H and O–H groups in total. The fraction of sp³-hybridized carbons (Fsp3) is 0.538. The lowest BCUT2D eigenvalue weighted by molar-refractivity contribution is -0.143. The Morgan fingerprint density at radius 2 is 2.26 bits per heavy atom. The van der Waals surface area contributed by atoms with Gasteiger partial charge in [-0.1, -0.05) is 0 Å². The van der Waals surface area contributed by atoms with Gasteiger partial charge in [0, 0.05) is 13.7 Å². The van der Waals surface area contributed by atoms with Gasteiger partial charge in [0.2, 0.25) is 0 Å². The predicted octanol–water partition coefficient (Wildman–Crippen LogP) is 1.51. The Hall–Kier alpha value is -1.82. The van der Waals surface area contributed by atoms with E-state index in [9.17, 15) is 9.59 Å². The Morgan fingerprint density at radius 1 is 1.47 bits per heavy atom. The van der Waals surface area contributed by atoms with E-state index in [1.807, 2.05) is 0 Å². The normalized spacial score (nSPS) is 19.4. The second kappa shape index (κ2) is 5.88. The van der Waals surface area contributed by atoms with Crippen molar-refractivity contribution in [1.29, 1.82) is 0 Å². The maximum Gasteiger partial charge on any atom is 0.326 e. The van der Waals surface area contributed by atoms with Crippen LogP contribution in [-0.2, 0) is 16.1 Å². The molecule has 2 heterocycles. The zero-order valence-corrected chi connectivity index (χ0v) is 10.8. The van der Waals surface area contributed by atoms with E-state index in [1.165, 1.54) is 12.0 Å². The summed E-state index contributed by atoms with van der Waals surface area (Å²) >= 11 is 0. The number of carbonyl (C=O) groups excluding carboxylic acids is 1. The monoisotopic (exact) mass is 267 g/mol. The Balaban J connectivity index is 2.14. The van der Waals surface area contributed by atoms with Crippen LogP contribution in [0.5, 0.6) is 0 Å². The minimum absolute atomic E-state index is 0.167. The van der Waals surface area contributed by atoms with E-state index in [1.54, 1.807) is 12.1 Å². The van der Waals surface area contributed by atoms with Crippen molar-refractivity contribution in [3.63, 3.8) is 0 Å². The minimum Gasteiger partial charge on any atom is -0.480 e. The number of piperidine rings is 1. The minimum atomic E-state index is -0.961. The molecular formula is C13H17NO5. The molecule has 1 aliphatic rings. The van der Waals surface area contributed by atoms with Gasteiger partial charge in [0.25, 0.3) is 5.91 Å². The van der Waals surface area contributed by atoms with Crippen LogP contribution in [0, 0.1) is 0 Å². The van der Waals surface area contributed by atoms with Gasteiger partial charge >= 0.3 is 5.97 Å². The number of hydrogen-bond acceptors (Lipinski definition) is 4. The van der Waals surface area contributed by atoms with Crippen molar-refractivity contribution < 1.29 is 23.8 Å². The van der Waals surface area contributed by atoms with E-state index >= 15 is 0 Å². The van der Waals surface area contributed by atoms with E-state index < -0.39 is 12.0 Å². The largest absolute Gasteiger partial charge is 0.480 e. The second-order valence-corrected chi connectivity index (χ2v) is 4.55. The van der Waals surface area contributed by atoms with Crippen molar-refractivity contribution in [1.82, 2.24) is 4.90 Å². The smallest absolute Gasteiger partial charge is 0.326 e. The highest BCUT2D eigenvalue weighted by Gasteiger charge is 2.33. The Kier molecular flexibility index (Phi) is 4.21. The van der Waals surface area contributed by atoms with E-state index in [0.29, 0.717) is 18.7 Å². The van der Waals surface area contributed by atoms with Crippen molar-refractivity contribution in [3.05, 3.63) is 23.7 Å². The fourth-order valence-corrected chi connectivity index (χ4v) is 2.29. The molecule has 0 aliphatic carbocycles. The summed E-state index contributed by atoms with van der Waals surface area (Å²) < 4.78 is 10.3. The SMILES string of the molecule is COCc1ccc(C(=O)N2CCCCC2C(=O)O)o1. The third-order valence-corrected chi connectivity index (χ3v) is 3.21. The van der Waals surface area contributed by atoms with Crippen LogP contribution >= 0.6 is 0 Å². The first-order chi connectivity index (χ1) is 9.13. The van der Waals surface area contributed by atoms with Crippen molar-refractivity contribution in [3.8, 4) is 0 Å². The molecule has 0 saturated carbocycles. The number of carboxylic acid groups (broad SMARTS) is 1. The summed E-state index contributed by atoms with van der Waals surface area (Å²) in [6.45, 7) is 0.742. The van der Waals surface area contributed by atoms with Crippen molar-refractivity contribution in [2.24, 2.45) is 0 Å². The molecule has 0 bridgehead atoms. The molecule has 0 radical (unpaired) electrons. The number of carbonyl (C=O) groups is 2. The number of carboxylic acids is 1. The number of aliphatic carboxylic acids is 1. The van der Waals surface area contributed by atoms with Crippen LogP contribution in [0.4, 0.5) is 0 Å². The lowest BCUT2D eigenvalue weighted by atomic mass is 10.0. The Morgan fingerprint density at radius 3 is 2.95 bits per heavy atom. The lowest BCUT2D eigenvalue weighted by Gasteiger charge is -2.32. The first-order valence-corrected chi connectivity index (χ1v) is 6.25. The third-order valence-electron chi connectivity index (χ3n) is 3.21. The number of rotatable bonds is 4. The van der Waals surface area contributed by atoms with Gasteiger partial charge in [0.15, 0.2) is 5.76 Å². The van der Waals surface area contributed by atoms with Gasteiger partial charge in [-0.25, -0.2) is 4.79 Å². The molecule has 2 rings (SSSR count). The average molecular weight is 267 g/mol. The van der Waals surface area contributed by atoms with Gasteiger partial charge in [-0.3, -0.25) is 4.79 Å². The molecule has 19 heavy (non-hydrogen) atoms. The molecular weight excluding hydrogens is 250 g/mol. The number of furan rings is 1. The van der Waals surface area contributed by atoms with Gasteiger partial charge in [0.1, 0.15) is 18.4 Å². The van der Waals surface area contributed by atoms with E-state index in [0.717, 1.165) is 12.8 Å². The molecule has 1 atom stereocenters. The maximum atomic E-state index is 12.3. The van der Waals surface area contributed by atoms with Crippen molar-refractivity contribution >= 4 is 11.9 Å².